The Morgan fingerprint density at radius 3 is 2.71 bits per heavy atom. The highest BCUT2D eigenvalue weighted by atomic mass is 16.2. The van der Waals surface area contributed by atoms with Crippen LogP contribution in [0.5, 0.6) is 0 Å². The molecule has 0 bridgehead atoms. The van der Waals surface area contributed by atoms with Crippen LogP contribution in [0.1, 0.15) is 43.6 Å². The molecule has 2 aromatic rings. The van der Waals surface area contributed by atoms with Crippen LogP contribution in [-0.2, 0) is 11.3 Å². The second kappa shape index (κ2) is 6.44. The topological polar surface area (TPSA) is 37.3 Å². The van der Waals surface area contributed by atoms with E-state index in [4.69, 9.17) is 0 Å². The first-order chi connectivity index (χ1) is 11.3. The Labute approximate surface area is 144 Å². The van der Waals surface area contributed by atoms with Crippen LogP contribution in [0.15, 0.2) is 42.6 Å². The molecule has 1 aliphatic rings. The number of aryl methyl sites for hydroxylation is 1. The standard InChI is InChI=1S/C20H27N3O/c1-15-7-5-8-16(13-15)19-17-9-6-10-22(17)11-12-23(19)18(24)14-21-20(2,3)4/h5-10,13,19,21H,11-12,14H2,1-4H3/t19-/m1/s1. The van der Waals surface area contributed by atoms with E-state index in [2.05, 4.69) is 80.2 Å². The molecular formula is C20H27N3O. The molecule has 1 aliphatic heterocycles. The van der Waals surface area contributed by atoms with E-state index >= 15 is 0 Å². The van der Waals surface area contributed by atoms with Crippen LogP contribution >= 0.6 is 0 Å². The predicted molar refractivity (Wildman–Crippen MR) is 96.9 cm³/mol. The summed E-state index contributed by atoms with van der Waals surface area (Å²) < 4.78 is 2.26. The maximum absolute atomic E-state index is 12.9. The van der Waals surface area contributed by atoms with Gasteiger partial charge in [-0.2, -0.15) is 0 Å². The van der Waals surface area contributed by atoms with Crippen LogP contribution in [-0.4, -0.2) is 34.0 Å². The number of nitrogens with one attached hydrogen (secondary N) is 1. The zero-order chi connectivity index (χ0) is 17.3. The van der Waals surface area contributed by atoms with Gasteiger partial charge in [-0.05, 0) is 45.4 Å². The van der Waals surface area contributed by atoms with Gasteiger partial charge in [-0.25, -0.2) is 0 Å². The zero-order valence-corrected chi connectivity index (χ0v) is 15.0. The smallest absolute Gasteiger partial charge is 0.237 e. The first kappa shape index (κ1) is 16.8. The maximum Gasteiger partial charge on any atom is 0.237 e. The van der Waals surface area contributed by atoms with E-state index in [1.165, 1.54) is 16.8 Å². The number of rotatable bonds is 3. The first-order valence-electron chi connectivity index (χ1n) is 8.61. The Bertz CT molecular complexity index is 726. The van der Waals surface area contributed by atoms with Gasteiger partial charge in [-0.15, -0.1) is 0 Å². The van der Waals surface area contributed by atoms with Crippen LogP contribution < -0.4 is 5.32 Å². The van der Waals surface area contributed by atoms with Crippen LogP contribution in [0.2, 0.25) is 0 Å². The van der Waals surface area contributed by atoms with Crippen molar-refractivity contribution < 1.29 is 4.79 Å². The molecule has 0 saturated carbocycles. The molecule has 0 fully saturated rings. The van der Waals surface area contributed by atoms with Crippen LogP contribution in [0.25, 0.3) is 0 Å². The number of aromatic nitrogens is 1. The van der Waals surface area contributed by atoms with Crippen molar-refractivity contribution in [2.24, 2.45) is 0 Å². The minimum Gasteiger partial charge on any atom is -0.348 e. The number of hydrogen-bond acceptors (Lipinski definition) is 2. The third-order valence-electron chi connectivity index (χ3n) is 4.49. The molecule has 0 saturated heterocycles. The fourth-order valence-electron chi connectivity index (χ4n) is 3.29. The van der Waals surface area contributed by atoms with Gasteiger partial charge in [0.15, 0.2) is 0 Å². The molecule has 2 heterocycles. The Balaban J connectivity index is 1.92. The van der Waals surface area contributed by atoms with E-state index in [1.807, 2.05) is 4.90 Å². The van der Waals surface area contributed by atoms with Gasteiger partial charge in [0, 0.05) is 30.5 Å². The van der Waals surface area contributed by atoms with Gasteiger partial charge in [-0.1, -0.05) is 29.8 Å². The fourth-order valence-corrected chi connectivity index (χ4v) is 3.29. The normalized spacial score (nSPS) is 17.7. The van der Waals surface area contributed by atoms with E-state index in [0.29, 0.717) is 6.54 Å². The Hall–Kier alpha value is -2.07. The van der Waals surface area contributed by atoms with Crippen LogP contribution in [0, 0.1) is 6.92 Å². The molecule has 3 rings (SSSR count). The summed E-state index contributed by atoms with van der Waals surface area (Å²) in [5.74, 6) is 0.156. The van der Waals surface area contributed by atoms with Gasteiger partial charge >= 0.3 is 0 Å². The summed E-state index contributed by atoms with van der Waals surface area (Å²) in [5.41, 5.74) is 3.52. The number of benzene rings is 1. The number of nitrogens with zero attached hydrogens (tertiary/aromatic N) is 2. The minimum absolute atomic E-state index is 0.0112. The van der Waals surface area contributed by atoms with Gasteiger partial charge in [0.25, 0.3) is 0 Å². The molecule has 4 heteroatoms. The number of amides is 1. The molecule has 1 aromatic heterocycles. The average molecular weight is 325 g/mol. The first-order valence-corrected chi connectivity index (χ1v) is 8.61. The number of carbonyl (C=O) groups is 1. The molecule has 1 amide bonds. The Morgan fingerprint density at radius 1 is 1.21 bits per heavy atom. The molecule has 0 unspecified atom stereocenters. The van der Waals surface area contributed by atoms with Gasteiger partial charge < -0.3 is 14.8 Å². The Kier molecular flexibility index (Phi) is 4.50. The van der Waals surface area contributed by atoms with Gasteiger partial charge in [0.1, 0.15) is 0 Å². The molecular weight excluding hydrogens is 298 g/mol. The number of fused-ring (bicyclic) bond motifs is 1. The van der Waals surface area contributed by atoms with E-state index in [1.54, 1.807) is 0 Å². The average Bonchev–Trinajstić information content (AvgIpc) is 2.99. The summed E-state index contributed by atoms with van der Waals surface area (Å²) in [6.07, 6.45) is 2.10. The van der Waals surface area contributed by atoms with E-state index in [-0.39, 0.29) is 17.5 Å². The fraction of sp³-hybridized carbons (Fsp3) is 0.450. The van der Waals surface area contributed by atoms with Crippen LogP contribution in [0.3, 0.4) is 0 Å². The summed E-state index contributed by atoms with van der Waals surface area (Å²) in [6, 6.07) is 12.7. The lowest BCUT2D eigenvalue weighted by molar-refractivity contribution is -0.133. The molecule has 1 N–H and O–H groups in total. The van der Waals surface area contributed by atoms with Crippen LogP contribution in [0.4, 0.5) is 0 Å². The second-order valence-electron chi connectivity index (χ2n) is 7.63. The summed E-state index contributed by atoms with van der Waals surface area (Å²) in [5, 5.41) is 3.32. The van der Waals surface area contributed by atoms with Crippen molar-refractivity contribution in [3.63, 3.8) is 0 Å². The molecule has 1 aromatic carbocycles. The third kappa shape index (κ3) is 3.54. The van der Waals surface area contributed by atoms with Crippen molar-refractivity contribution in [3.05, 3.63) is 59.4 Å². The largest absolute Gasteiger partial charge is 0.348 e. The van der Waals surface area contributed by atoms with Crippen molar-refractivity contribution >= 4 is 5.91 Å². The number of carbonyl (C=O) groups excluding carboxylic acids is 1. The highest BCUT2D eigenvalue weighted by molar-refractivity contribution is 5.79. The van der Waals surface area contributed by atoms with Gasteiger partial charge in [-0.3, -0.25) is 4.79 Å². The minimum atomic E-state index is -0.0650. The summed E-state index contributed by atoms with van der Waals surface area (Å²) in [6.45, 7) is 10.3. The van der Waals surface area contributed by atoms with E-state index in [9.17, 15) is 4.79 Å². The molecule has 1 atom stereocenters. The molecule has 0 aliphatic carbocycles. The van der Waals surface area contributed by atoms with Crippen molar-refractivity contribution in [3.8, 4) is 0 Å². The molecule has 0 radical (unpaired) electrons. The van der Waals surface area contributed by atoms with E-state index in [0.717, 1.165) is 13.1 Å². The summed E-state index contributed by atoms with van der Waals surface area (Å²) in [4.78, 5) is 14.9. The predicted octanol–water partition coefficient (Wildman–Crippen LogP) is 3.12. The van der Waals surface area contributed by atoms with Crippen molar-refractivity contribution in [2.75, 3.05) is 13.1 Å². The monoisotopic (exact) mass is 325 g/mol. The van der Waals surface area contributed by atoms with Gasteiger partial charge in [0.05, 0.1) is 12.6 Å². The van der Waals surface area contributed by atoms with Crippen molar-refractivity contribution in [1.29, 1.82) is 0 Å². The summed E-state index contributed by atoms with van der Waals surface area (Å²) >= 11 is 0. The quantitative estimate of drug-likeness (QED) is 0.941. The van der Waals surface area contributed by atoms with E-state index < -0.39 is 0 Å². The highest BCUT2D eigenvalue weighted by Crippen LogP contribution is 2.32. The Morgan fingerprint density at radius 2 is 2.00 bits per heavy atom. The molecule has 4 nitrogen and oxygen atoms in total. The molecule has 24 heavy (non-hydrogen) atoms. The van der Waals surface area contributed by atoms with Crippen molar-refractivity contribution in [2.45, 2.75) is 45.8 Å². The SMILES string of the molecule is Cc1cccc([C@@H]2c3cccn3CCN2C(=O)CNC(C)(C)C)c1. The number of hydrogen-bond donors (Lipinski definition) is 1. The van der Waals surface area contributed by atoms with Gasteiger partial charge in [0.2, 0.25) is 5.91 Å². The maximum atomic E-state index is 12.9. The lowest BCUT2D eigenvalue weighted by Gasteiger charge is -2.38. The zero-order valence-electron chi connectivity index (χ0n) is 15.0. The second-order valence-corrected chi connectivity index (χ2v) is 7.63. The lowest BCUT2D eigenvalue weighted by Crippen LogP contribution is -2.49. The highest BCUT2D eigenvalue weighted by Gasteiger charge is 2.32. The molecule has 0 spiro atoms. The van der Waals surface area contributed by atoms with Crippen molar-refractivity contribution in [1.82, 2.24) is 14.8 Å². The molecule has 128 valence electrons. The summed E-state index contributed by atoms with van der Waals surface area (Å²) in [7, 11) is 0. The lowest BCUT2D eigenvalue weighted by atomic mass is 9.98. The third-order valence-corrected chi connectivity index (χ3v) is 4.49.